The van der Waals surface area contributed by atoms with Crippen LogP contribution in [-0.4, -0.2) is 19.3 Å². The summed E-state index contributed by atoms with van der Waals surface area (Å²) in [6, 6.07) is 15.4. The zero-order valence-corrected chi connectivity index (χ0v) is 20.6. The highest BCUT2D eigenvalue weighted by atomic mass is 19.1. The molecule has 1 saturated carbocycles. The molecule has 3 heterocycles. The van der Waals surface area contributed by atoms with Gasteiger partial charge in [-0.25, -0.2) is 4.39 Å². The first-order chi connectivity index (χ1) is 17.5. The second kappa shape index (κ2) is 8.91. The monoisotopic (exact) mass is 477 g/mol. The van der Waals surface area contributed by atoms with E-state index in [1.807, 2.05) is 29.2 Å². The van der Waals surface area contributed by atoms with E-state index in [2.05, 4.69) is 54.0 Å². The molecule has 0 atom stereocenters. The largest absolute Gasteiger partial charge is 0.346 e. The van der Waals surface area contributed by atoms with Crippen molar-refractivity contribution in [1.29, 1.82) is 5.26 Å². The Morgan fingerprint density at radius 3 is 2.58 bits per heavy atom. The summed E-state index contributed by atoms with van der Waals surface area (Å²) in [5.41, 5.74) is 5.53. The Hall–Kier alpha value is -3.98. The van der Waals surface area contributed by atoms with Gasteiger partial charge < -0.3 is 4.57 Å². The van der Waals surface area contributed by atoms with Gasteiger partial charge in [-0.3, -0.25) is 9.67 Å². The van der Waals surface area contributed by atoms with Crippen LogP contribution in [0.4, 0.5) is 4.39 Å². The fourth-order valence-electron chi connectivity index (χ4n) is 5.67. The molecule has 2 aromatic carbocycles. The smallest absolute Gasteiger partial charge is 0.141 e. The first-order valence-corrected chi connectivity index (χ1v) is 12.7. The molecule has 6 heteroatoms. The minimum Gasteiger partial charge on any atom is -0.346 e. The maximum absolute atomic E-state index is 14.8. The molecular formula is C30H28FN5. The zero-order valence-electron chi connectivity index (χ0n) is 20.6. The van der Waals surface area contributed by atoms with Crippen molar-refractivity contribution >= 4 is 21.8 Å². The summed E-state index contributed by atoms with van der Waals surface area (Å²) in [6.45, 7) is 5.21. The van der Waals surface area contributed by atoms with Crippen LogP contribution in [0.5, 0.6) is 0 Å². The number of hydrogen-bond acceptors (Lipinski definition) is 3. The third-order valence-electron chi connectivity index (χ3n) is 7.49. The number of hydrogen-bond donors (Lipinski definition) is 0. The molecule has 1 fully saturated rings. The summed E-state index contributed by atoms with van der Waals surface area (Å²) in [4.78, 5) is 4.95. The molecule has 0 amide bonds. The fraction of sp³-hybridized carbons (Fsp3) is 0.300. The van der Waals surface area contributed by atoms with Crippen LogP contribution in [0.2, 0.25) is 0 Å². The average molecular weight is 478 g/mol. The van der Waals surface area contributed by atoms with Crippen LogP contribution in [0.1, 0.15) is 51.1 Å². The molecule has 5 nitrogen and oxygen atoms in total. The van der Waals surface area contributed by atoms with E-state index in [0.717, 1.165) is 50.7 Å². The molecule has 0 unspecified atom stereocenters. The average Bonchev–Trinajstić information content (AvgIpc) is 3.63. The summed E-state index contributed by atoms with van der Waals surface area (Å²) in [6.07, 6.45) is 11.1. The molecular weight excluding hydrogens is 449 g/mol. The van der Waals surface area contributed by atoms with Gasteiger partial charge in [0, 0.05) is 40.7 Å². The van der Waals surface area contributed by atoms with Gasteiger partial charge in [-0.05, 0) is 68.5 Å². The number of aromatic nitrogens is 4. The van der Waals surface area contributed by atoms with Crippen molar-refractivity contribution in [2.75, 3.05) is 0 Å². The summed E-state index contributed by atoms with van der Waals surface area (Å²) in [5, 5.41) is 15.9. The van der Waals surface area contributed by atoms with Crippen molar-refractivity contribution in [3.8, 4) is 28.5 Å². The standard InChI is InChI=1S/C30H28FN5/c1-19(2)36-27-10-9-22(13-24(27)16-34-36)30-29(21-7-8-23(15-32)26(31)14-21)25-11-12-35(28(25)17-33-30)18-20-5-3-4-6-20/h7-14,16-17,19-20H,3-6,18H2,1-2H3. The van der Waals surface area contributed by atoms with Crippen molar-refractivity contribution in [1.82, 2.24) is 19.3 Å². The number of fused-ring (bicyclic) bond motifs is 2. The van der Waals surface area contributed by atoms with Crippen molar-refractivity contribution in [3.05, 3.63) is 72.4 Å². The van der Waals surface area contributed by atoms with Gasteiger partial charge in [0.25, 0.3) is 0 Å². The van der Waals surface area contributed by atoms with Gasteiger partial charge >= 0.3 is 0 Å². The molecule has 0 bridgehead atoms. The SMILES string of the molecule is CC(C)n1ncc2cc(-c3ncc4c(ccn4CC4CCCC4)c3-c3ccc(C#N)c(F)c3)ccc21. The molecule has 0 radical (unpaired) electrons. The van der Waals surface area contributed by atoms with E-state index < -0.39 is 5.82 Å². The third-order valence-corrected chi connectivity index (χ3v) is 7.49. The van der Waals surface area contributed by atoms with Crippen LogP contribution in [0, 0.1) is 23.1 Å². The van der Waals surface area contributed by atoms with Crippen molar-refractivity contribution in [2.24, 2.45) is 5.92 Å². The lowest BCUT2D eigenvalue weighted by molar-refractivity contribution is 0.466. The van der Waals surface area contributed by atoms with Crippen molar-refractivity contribution < 1.29 is 4.39 Å². The molecule has 0 saturated heterocycles. The highest BCUT2D eigenvalue weighted by Gasteiger charge is 2.20. The molecule has 0 aliphatic heterocycles. The number of nitrogens with zero attached hydrogens (tertiary/aromatic N) is 5. The fourth-order valence-corrected chi connectivity index (χ4v) is 5.67. The number of halogens is 1. The van der Waals surface area contributed by atoms with Gasteiger partial charge in [0.1, 0.15) is 11.9 Å². The number of rotatable bonds is 5. The van der Waals surface area contributed by atoms with E-state index in [4.69, 9.17) is 4.98 Å². The normalized spacial score (nSPS) is 14.3. The van der Waals surface area contributed by atoms with E-state index in [0.29, 0.717) is 5.92 Å². The predicted octanol–water partition coefficient (Wildman–Crippen LogP) is 7.50. The van der Waals surface area contributed by atoms with E-state index in [1.54, 1.807) is 6.07 Å². The molecule has 36 heavy (non-hydrogen) atoms. The van der Waals surface area contributed by atoms with Crippen molar-refractivity contribution in [2.45, 2.75) is 52.1 Å². The maximum atomic E-state index is 14.8. The summed E-state index contributed by atoms with van der Waals surface area (Å²) >= 11 is 0. The Labute approximate surface area is 209 Å². The molecule has 0 N–H and O–H groups in total. The van der Waals surface area contributed by atoms with Crippen LogP contribution in [0.3, 0.4) is 0 Å². The minimum absolute atomic E-state index is 0.0433. The lowest BCUT2D eigenvalue weighted by atomic mass is 9.95. The summed E-state index contributed by atoms with van der Waals surface area (Å²) < 4.78 is 19.1. The van der Waals surface area contributed by atoms with Gasteiger partial charge in [0.05, 0.1) is 34.7 Å². The Morgan fingerprint density at radius 1 is 1.03 bits per heavy atom. The predicted molar refractivity (Wildman–Crippen MR) is 141 cm³/mol. The van der Waals surface area contributed by atoms with E-state index in [1.165, 1.54) is 31.7 Å². The lowest BCUT2D eigenvalue weighted by Crippen LogP contribution is -2.06. The third kappa shape index (κ3) is 3.76. The Kier molecular flexibility index (Phi) is 5.56. The summed E-state index contributed by atoms with van der Waals surface area (Å²) in [7, 11) is 0. The van der Waals surface area contributed by atoms with Crippen LogP contribution in [0.15, 0.2) is 61.1 Å². The Balaban J connectivity index is 1.55. The summed E-state index contributed by atoms with van der Waals surface area (Å²) in [5.74, 6) is 0.174. The van der Waals surface area contributed by atoms with Crippen LogP contribution in [-0.2, 0) is 6.54 Å². The second-order valence-electron chi connectivity index (χ2n) is 10.2. The molecule has 0 spiro atoms. The van der Waals surface area contributed by atoms with E-state index >= 15 is 0 Å². The highest BCUT2D eigenvalue weighted by molar-refractivity contribution is 6.02. The molecule has 1 aliphatic carbocycles. The van der Waals surface area contributed by atoms with Gasteiger partial charge in [-0.15, -0.1) is 0 Å². The highest BCUT2D eigenvalue weighted by Crippen LogP contribution is 2.39. The Bertz CT molecular complexity index is 1630. The quantitative estimate of drug-likeness (QED) is 0.263. The van der Waals surface area contributed by atoms with E-state index in [-0.39, 0.29) is 11.6 Å². The van der Waals surface area contributed by atoms with Gasteiger partial charge in [0.2, 0.25) is 0 Å². The minimum atomic E-state index is -0.517. The molecule has 5 aromatic rings. The molecule has 3 aromatic heterocycles. The van der Waals surface area contributed by atoms with Gasteiger partial charge in [-0.2, -0.15) is 10.4 Å². The van der Waals surface area contributed by atoms with Crippen LogP contribution < -0.4 is 0 Å². The van der Waals surface area contributed by atoms with Gasteiger partial charge in [-0.1, -0.05) is 25.0 Å². The number of benzene rings is 2. The molecule has 180 valence electrons. The first-order valence-electron chi connectivity index (χ1n) is 12.7. The van der Waals surface area contributed by atoms with Crippen LogP contribution in [0.25, 0.3) is 44.2 Å². The first kappa shape index (κ1) is 22.5. The zero-order chi connectivity index (χ0) is 24.8. The molecule has 1 aliphatic rings. The number of pyridine rings is 1. The van der Waals surface area contributed by atoms with Crippen molar-refractivity contribution in [3.63, 3.8) is 0 Å². The topological polar surface area (TPSA) is 59.4 Å². The maximum Gasteiger partial charge on any atom is 0.141 e. The molecule has 6 rings (SSSR count). The Morgan fingerprint density at radius 2 is 1.83 bits per heavy atom. The van der Waals surface area contributed by atoms with Crippen LogP contribution >= 0.6 is 0 Å². The van der Waals surface area contributed by atoms with E-state index in [9.17, 15) is 9.65 Å². The lowest BCUT2D eigenvalue weighted by Gasteiger charge is -2.15. The number of nitriles is 1. The second-order valence-corrected chi connectivity index (χ2v) is 10.2. The van der Waals surface area contributed by atoms with Gasteiger partial charge in [0.15, 0.2) is 0 Å².